The van der Waals surface area contributed by atoms with Crippen molar-refractivity contribution in [2.75, 3.05) is 17.2 Å². The van der Waals surface area contributed by atoms with E-state index in [1.54, 1.807) is 48.5 Å². The van der Waals surface area contributed by atoms with Gasteiger partial charge in [0, 0.05) is 22.0 Å². The molecule has 0 heterocycles. The molecule has 170 valence electrons. The molecular weight excluding hydrogens is 436 g/mol. The minimum atomic E-state index is -0.277. The number of hydrogen-bond donors (Lipinski definition) is 2. The van der Waals surface area contributed by atoms with Gasteiger partial charge in [-0.05, 0) is 72.9 Å². The van der Waals surface area contributed by atoms with Crippen LogP contribution in [0.5, 0.6) is 5.75 Å². The fraction of sp³-hybridized carbons (Fsp3) is 0.259. The molecule has 0 aliphatic heterocycles. The number of hydrogen-bond acceptors (Lipinski definition) is 3. The van der Waals surface area contributed by atoms with Crippen LogP contribution >= 0.6 is 11.6 Å². The molecule has 0 atom stereocenters. The first kappa shape index (κ1) is 22.9. The van der Waals surface area contributed by atoms with Gasteiger partial charge in [-0.1, -0.05) is 55.1 Å². The number of benzene rings is 3. The van der Waals surface area contributed by atoms with E-state index in [9.17, 15) is 9.59 Å². The summed E-state index contributed by atoms with van der Waals surface area (Å²) >= 11 is 5.95. The van der Waals surface area contributed by atoms with Crippen LogP contribution in [0.25, 0.3) is 0 Å². The van der Waals surface area contributed by atoms with Crippen LogP contribution in [0.15, 0.2) is 72.8 Å². The number of halogens is 1. The van der Waals surface area contributed by atoms with Crippen LogP contribution in [-0.2, 0) is 4.79 Å². The summed E-state index contributed by atoms with van der Waals surface area (Å²) in [6.45, 7) is -0.0954. The van der Waals surface area contributed by atoms with E-state index in [0.717, 1.165) is 0 Å². The Morgan fingerprint density at radius 1 is 0.848 bits per heavy atom. The Kier molecular flexibility index (Phi) is 7.63. The second-order valence-corrected chi connectivity index (χ2v) is 8.72. The quantitative estimate of drug-likeness (QED) is 0.412. The first-order chi connectivity index (χ1) is 16.1. The molecule has 0 aromatic heterocycles. The van der Waals surface area contributed by atoms with Gasteiger partial charge in [0.25, 0.3) is 11.8 Å². The highest BCUT2D eigenvalue weighted by molar-refractivity contribution is 6.31. The van der Waals surface area contributed by atoms with Gasteiger partial charge < -0.3 is 15.4 Å². The Balaban J connectivity index is 1.28. The monoisotopic (exact) mass is 462 g/mol. The average molecular weight is 463 g/mol. The number of rotatable bonds is 7. The zero-order chi connectivity index (χ0) is 23.0. The summed E-state index contributed by atoms with van der Waals surface area (Å²) in [5, 5.41) is 6.10. The maximum atomic E-state index is 12.4. The topological polar surface area (TPSA) is 67.4 Å². The molecule has 0 spiro atoms. The molecule has 0 saturated heterocycles. The highest BCUT2D eigenvalue weighted by Gasteiger charge is 2.15. The van der Waals surface area contributed by atoms with Crippen molar-refractivity contribution in [2.24, 2.45) is 0 Å². The first-order valence-corrected chi connectivity index (χ1v) is 11.6. The molecule has 1 saturated carbocycles. The van der Waals surface area contributed by atoms with Crippen LogP contribution in [0.1, 0.15) is 53.9 Å². The second kappa shape index (κ2) is 11.0. The van der Waals surface area contributed by atoms with Crippen molar-refractivity contribution < 1.29 is 14.3 Å². The summed E-state index contributed by atoms with van der Waals surface area (Å²) in [7, 11) is 0. The van der Waals surface area contributed by atoms with Crippen LogP contribution < -0.4 is 15.4 Å². The minimum absolute atomic E-state index is 0.0954. The lowest BCUT2D eigenvalue weighted by Crippen LogP contribution is -2.20. The van der Waals surface area contributed by atoms with E-state index >= 15 is 0 Å². The van der Waals surface area contributed by atoms with E-state index in [2.05, 4.69) is 22.8 Å². The van der Waals surface area contributed by atoms with Gasteiger partial charge in [0.1, 0.15) is 5.75 Å². The molecule has 5 nitrogen and oxygen atoms in total. The summed E-state index contributed by atoms with van der Waals surface area (Å²) in [4.78, 5) is 24.8. The lowest BCUT2D eigenvalue weighted by Gasteiger charge is -2.22. The summed E-state index contributed by atoms with van der Waals surface area (Å²) in [5.74, 6) is 0.764. The zero-order valence-electron chi connectivity index (χ0n) is 18.4. The third-order valence-electron chi connectivity index (χ3n) is 5.82. The fourth-order valence-corrected chi connectivity index (χ4v) is 4.32. The fourth-order valence-electron chi connectivity index (χ4n) is 4.13. The molecule has 1 aliphatic carbocycles. The predicted octanol–water partition coefficient (Wildman–Crippen LogP) is 6.66. The molecule has 2 amide bonds. The largest absolute Gasteiger partial charge is 0.484 e. The van der Waals surface area contributed by atoms with Gasteiger partial charge in [-0.15, -0.1) is 0 Å². The van der Waals surface area contributed by atoms with E-state index in [4.69, 9.17) is 16.3 Å². The van der Waals surface area contributed by atoms with E-state index in [0.29, 0.717) is 33.6 Å². The zero-order valence-corrected chi connectivity index (χ0v) is 19.1. The molecule has 0 radical (unpaired) electrons. The van der Waals surface area contributed by atoms with Crippen molar-refractivity contribution in [2.45, 2.75) is 38.0 Å². The van der Waals surface area contributed by atoms with E-state index in [1.165, 1.54) is 37.7 Å². The summed E-state index contributed by atoms with van der Waals surface area (Å²) in [5.41, 5.74) is 2.94. The van der Waals surface area contributed by atoms with Crippen molar-refractivity contribution in [1.82, 2.24) is 0 Å². The smallest absolute Gasteiger partial charge is 0.262 e. The van der Waals surface area contributed by atoms with Crippen LogP contribution in [0, 0.1) is 0 Å². The van der Waals surface area contributed by atoms with E-state index in [1.807, 2.05) is 12.1 Å². The lowest BCUT2D eigenvalue weighted by molar-refractivity contribution is -0.118. The Labute approximate surface area is 199 Å². The molecule has 3 aromatic carbocycles. The number of carbonyl (C=O) groups is 2. The molecule has 6 heteroatoms. The third-order valence-corrected chi connectivity index (χ3v) is 6.05. The normalized spacial score (nSPS) is 13.8. The Morgan fingerprint density at radius 2 is 1.55 bits per heavy atom. The van der Waals surface area contributed by atoms with Crippen molar-refractivity contribution in [3.05, 3.63) is 88.9 Å². The van der Waals surface area contributed by atoms with Gasteiger partial charge in [0.15, 0.2) is 6.61 Å². The number of ether oxygens (including phenoxy) is 1. The number of amides is 2. The van der Waals surface area contributed by atoms with Gasteiger partial charge in [-0.2, -0.15) is 0 Å². The second-order valence-electron chi connectivity index (χ2n) is 8.29. The SMILES string of the molecule is O=C(COc1ccc(C2CCCCC2)cc1)Nc1cccc(NC(=O)c2cccc(Cl)c2)c1. The maximum absolute atomic E-state index is 12.4. The molecule has 0 bridgehead atoms. The van der Waals surface area contributed by atoms with Crippen molar-refractivity contribution >= 4 is 34.8 Å². The van der Waals surface area contributed by atoms with E-state index in [-0.39, 0.29) is 18.4 Å². The maximum Gasteiger partial charge on any atom is 0.262 e. The van der Waals surface area contributed by atoms with Crippen LogP contribution in [0.3, 0.4) is 0 Å². The van der Waals surface area contributed by atoms with Crippen LogP contribution in [-0.4, -0.2) is 18.4 Å². The molecule has 3 aromatic rings. The molecule has 4 rings (SSSR count). The van der Waals surface area contributed by atoms with Gasteiger partial charge >= 0.3 is 0 Å². The highest BCUT2D eigenvalue weighted by Crippen LogP contribution is 2.33. The molecule has 0 unspecified atom stereocenters. The number of carbonyl (C=O) groups excluding carboxylic acids is 2. The van der Waals surface area contributed by atoms with Gasteiger partial charge in [0.2, 0.25) is 0 Å². The van der Waals surface area contributed by atoms with Crippen molar-refractivity contribution in [1.29, 1.82) is 0 Å². The molecule has 33 heavy (non-hydrogen) atoms. The van der Waals surface area contributed by atoms with Crippen LogP contribution in [0.4, 0.5) is 11.4 Å². The minimum Gasteiger partial charge on any atom is -0.484 e. The summed E-state index contributed by atoms with van der Waals surface area (Å²) in [6, 6.07) is 21.8. The van der Waals surface area contributed by atoms with E-state index < -0.39 is 0 Å². The number of anilines is 2. The molecular formula is C27H27ClN2O3. The predicted molar refractivity (Wildman–Crippen MR) is 132 cm³/mol. The summed E-state index contributed by atoms with van der Waals surface area (Å²) < 4.78 is 5.65. The molecule has 2 N–H and O–H groups in total. The number of nitrogens with one attached hydrogen (secondary N) is 2. The average Bonchev–Trinajstić information content (AvgIpc) is 2.84. The van der Waals surface area contributed by atoms with Crippen LogP contribution in [0.2, 0.25) is 5.02 Å². The van der Waals surface area contributed by atoms with Gasteiger partial charge in [0.05, 0.1) is 0 Å². The highest BCUT2D eigenvalue weighted by atomic mass is 35.5. The van der Waals surface area contributed by atoms with Gasteiger partial charge in [-0.25, -0.2) is 0 Å². The Morgan fingerprint density at radius 3 is 2.27 bits per heavy atom. The lowest BCUT2D eigenvalue weighted by atomic mass is 9.84. The standard InChI is InChI=1S/C27H27ClN2O3/c28-22-9-4-8-21(16-22)27(32)30-24-11-5-10-23(17-24)29-26(31)18-33-25-14-12-20(13-15-25)19-6-2-1-3-7-19/h4-5,8-17,19H,1-3,6-7,18H2,(H,29,31)(H,30,32). The molecule has 1 fully saturated rings. The van der Waals surface area contributed by atoms with Crippen molar-refractivity contribution in [3.8, 4) is 5.75 Å². The first-order valence-electron chi connectivity index (χ1n) is 11.3. The summed E-state index contributed by atoms with van der Waals surface area (Å²) in [6.07, 6.45) is 6.44. The van der Waals surface area contributed by atoms with Gasteiger partial charge in [-0.3, -0.25) is 9.59 Å². The molecule has 1 aliphatic rings. The Bertz CT molecular complexity index is 1110. The third kappa shape index (κ3) is 6.59. The van der Waals surface area contributed by atoms with Crippen molar-refractivity contribution in [3.63, 3.8) is 0 Å². The Hall–Kier alpha value is -3.31.